The summed E-state index contributed by atoms with van der Waals surface area (Å²) in [6.45, 7) is 5.26. The highest BCUT2D eigenvalue weighted by molar-refractivity contribution is 7.09. The molecule has 0 unspecified atom stereocenters. The minimum absolute atomic E-state index is 0.411. The SMILES string of the molecule is CCc1nc(CN2CCC[C@@H](c3noc(C4CC4)n3)C2)cs1. The van der Waals surface area contributed by atoms with Gasteiger partial charge in [-0.3, -0.25) is 4.90 Å². The van der Waals surface area contributed by atoms with E-state index >= 15 is 0 Å². The van der Waals surface area contributed by atoms with E-state index in [9.17, 15) is 0 Å². The van der Waals surface area contributed by atoms with Gasteiger partial charge in [-0.25, -0.2) is 4.98 Å². The summed E-state index contributed by atoms with van der Waals surface area (Å²) in [4.78, 5) is 11.8. The van der Waals surface area contributed by atoms with Gasteiger partial charge in [0.15, 0.2) is 5.82 Å². The molecule has 22 heavy (non-hydrogen) atoms. The first-order valence-electron chi connectivity index (χ1n) is 8.31. The summed E-state index contributed by atoms with van der Waals surface area (Å²) >= 11 is 1.77. The van der Waals surface area contributed by atoms with E-state index in [-0.39, 0.29) is 0 Å². The van der Waals surface area contributed by atoms with Crippen molar-refractivity contribution in [1.29, 1.82) is 0 Å². The van der Waals surface area contributed by atoms with Gasteiger partial charge in [-0.15, -0.1) is 11.3 Å². The van der Waals surface area contributed by atoms with Crippen LogP contribution in [-0.2, 0) is 13.0 Å². The number of hydrogen-bond acceptors (Lipinski definition) is 6. The molecule has 0 aromatic carbocycles. The molecule has 118 valence electrons. The number of aromatic nitrogens is 3. The predicted molar refractivity (Wildman–Crippen MR) is 85.0 cm³/mol. The van der Waals surface area contributed by atoms with Crippen LogP contribution in [0.15, 0.2) is 9.90 Å². The van der Waals surface area contributed by atoms with Gasteiger partial charge >= 0.3 is 0 Å². The molecule has 1 aliphatic carbocycles. The van der Waals surface area contributed by atoms with Crippen LogP contribution in [0.4, 0.5) is 0 Å². The Labute approximate surface area is 134 Å². The Balaban J connectivity index is 1.40. The minimum atomic E-state index is 0.411. The molecule has 6 heteroatoms. The lowest BCUT2D eigenvalue weighted by Crippen LogP contribution is -2.34. The summed E-state index contributed by atoms with van der Waals surface area (Å²) in [5, 5.41) is 7.66. The second kappa shape index (κ2) is 6.08. The molecule has 0 N–H and O–H groups in total. The van der Waals surface area contributed by atoms with Gasteiger partial charge in [0.25, 0.3) is 0 Å². The third-order valence-electron chi connectivity index (χ3n) is 4.54. The van der Waals surface area contributed by atoms with E-state index in [1.807, 2.05) is 0 Å². The van der Waals surface area contributed by atoms with Crippen LogP contribution in [0.2, 0.25) is 0 Å². The fraction of sp³-hybridized carbons (Fsp3) is 0.688. The van der Waals surface area contributed by atoms with E-state index in [0.717, 1.165) is 44.2 Å². The van der Waals surface area contributed by atoms with Crippen LogP contribution in [0.1, 0.15) is 66.9 Å². The Morgan fingerprint density at radius 2 is 2.18 bits per heavy atom. The summed E-state index contributed by atoms with van der Waals surface area (Å²) in [6, 6.07) is 0. The van der Waals surface area contributed by atoms with Crippen molar-refractivity contribution >= 4 is 11.3 Å². The molecule has 5 nitrogen and oxygen atoms in total. The zero-order chi connectivity index (χ0) is 14.9. The van der Waals surface area contributed by atoms with Gasteiger partial charge in [-0.1, -0.05) is 12.1 Å². The second-order valence-corrected chi connectivity index (χ2v) is 7.37. The predicted octanol–water partition coefficient (Wildman–Crippen LogP) is 3.35. The maximum atomic E-state index is 5.42. The monoisotopic (exact) mass is 318 g/mol. The van der Waals surface area contributed by atoms with E-state index in [2.05, 4.69) is 32.3 Å². The standard InChI is InChI=1S/C16H22N4OS/c1-2-14-17-13(10-22-14)9-20-7-3-4-12(8-20)15-18-16(21-19-15)11-5-6-11/h10-12H,2-9H2,1H3/t12-/m1/s1. The topological polar surface area (TPSA) is 55.1 Å². The smallest absolute Gasteiger partial charge is 0.229 e. The molecular formula is C16H22N4OS. The number of thiazole rings is 1. The van der Waals surface area contributed by atoms with E-state index in [1.165, 1.54) is 30.0 Å². The summed E-state index contributed by atoms with van der Waals surface area (Å²) in [5.74, 6) is 2.73. The van der Waals surface area contributed by atoms with Gasteiger partial charge in [0.2, 0.25) is 5.89 Å². The van der Waals surface area contributed by atoms with Crippen LogP contribution < -0.4 is 0 Å². The molecule has 2 fully saturated rings. The van der Waals surface area contributed by atoms with Gasteiger partial charge in [-0.05, 0) is 38.6 Å². The molecule has 0 bridgehead atoms. The first-order chi connectivity index (χ1) is 10.8. The van der Waals surface area contributed by atoms with Crippen molar-refractivity contribution in [2.75, 3.05) is 13.1 Å². The molecule has 2 aliphatic rings. The molecule has 1 aliphatic heterocycles. The maximum absolute atomic E-state index is 5.42. The first-order valence-corrected chi connectivity index (χ1v) is 9.19. The fourth-order valence-electron chi connectivity index (χ4n) is 3.13. The Morgan fingerprint density at radius 3 is 2.95 bits per heavy atom. The minimum Gasteiger partial charge on any atom is -0.339 e. The quantitative estimate of drug-likeness (QED) is 0.846. The summed E-state index contributed by atoms with van der Waals surface area (Å²) in [6.07, 6.45) is 5.81. The molecule has 2 aromatic rings. The van der Waals surface area contributed by atoms with E-state index < -0.39 is 0 Å². The van der Waals surface area contributed by atoms with E-state index in [4.69, 9.17) is 4.52 Å². The van der Waals surface area contributed by atoms with Crippen LogP contribution in [0.5, 0.6) is 0 Å². The van der Waals surface area contributed by atoms with Gasteiger partial charge in [0.05, 0.1) is 10.7 Å². The third-order valence-corrected chi connectivity index (χ3v) is 5.58. The highest BCUT2D eigenvalue weighted by atomic mass is 32.1. The fourth-order valence-corrected chi connectivity index (χ4v) is 3.87. The van der Waals surface area contributed by atoms with Crippen LogP contribution in [0.3, 0.4) is 0 Å². The average molecular weight is 318 g/mol. The largest absolute Gasteiger partial charge is 0.339 e. The summed E-state index contributed by atoms with van der Waals surface area (Å²) in [7, 11) is 0. The number of likely N-dealkylation sites (tertiary alicyclic amines) is 1. The molecule has 0 amide bonds. The number of piperidine rings is 1. The van der Waals surface area contributed by atoms with Gasteiger partial charge in [0.1, 0.15) is 0 Å². The molecule has 0 spiro atoms. The zero-order valence-corrected chi connectivity index (χ0v) is 13.8. The Bertz CT molecular complexity index is 634. The van der Waals surface area contributed by atoms with Gasteiger partial charge in [0, 0.05) is 30.3 Å². The summed E-state index contributed by atoms with van der Waals surface area (Å²) in [5.41, 5.74) is 1.20. The number of nitrogens with zero attached hydrogens (tertiary/aromatic N) is 4. The number of hydrogen-bond donors (Lipinski definition) is 0. The highest BCUT2D eigenvalue weighted by Gasteiger charge is 2.32. The molecule has 4 rings (SSSR count). The lowest BCUT2D eigenvalue weighted by Gasteiger charge is -2.30. The molecule has 2 aromatic heterocycles. The van der Waals surface area contributed by atoms with E-state index in [0.29, 0.717) is 11.8 Å². The lowest BCUT2D eigenvalue weighted by atomic mass is 9.97. The van der Waals surface area contributed by atoms with Crippen LogP contribution >= 0.6 is 11.3 Å². The first kappa shape index (κ1) is 14.3. The van der Waals surface area contributed by atoms with Crippen molar-refractivity contribution in [3.63, 3.8) is 0 Å². The average Bonchev–Trinajstić information content (AvgIpc) is 3.10. The zero-order valence-electron chi connectivity index (χ0n) is 13.0. The summed E-state index contributed by atoms with van der Waals surface area (Å²) < 4.78 is 5.42. The van der Waals surface area contributed by atoms with Gasteiger partial charge in [-0.2, -0.15) is 4.98 Å². The molecule has 1 saturated carbocycles. The molecule has 1 saturated heterocycles. The normalized spacial score (nSPS) is 23.0. The maximum Gasteiger partial charge on any atom is 0.229 e. The molecular weight excluding hydrogens is 296 g/mol. The molecule has 1 atom stereocenters. The van der Waals surface area contributed by atoms with Crippen molar-refractivity contribution in [3.8, 4) is 0 Å². The van der Waals surface area contributed by atoms with Gasteiger partial charge < -0.3 is 4.52 Å². The third kappa shape index (κ3) is 3.08. The van der Waals surface area contributed by atoms with Crippen molar-refractivity contribution in [1.82, 2.24) is 20.0 Å². The second-order valence-electron chi connectivity index (χ2n) is 6.43. The van der Waals surface area contributed by atoms with Crippen LogP contribution in [0.25, 0.3) is 0 Å². The Hall–Kier alpha value is -1.27. The lowest BCUT2D eigenvalue weighted by molar-refractivity contribution is 0.193. The van der Waals surface area contributed by atoms with Crippen molar-refractivity contribution in [2.24, 2.45) is 0 Å². The van der Waals surface area contributed by atoms with Crippen molar-refractivity contribution in [2.45, 2.75) is 57.4 Å². The van der Waals surface area contributed by atoms with E-state index in [1.54, 1.807) is 11.3 Å². The Kier molecular flexibility index (Phi) is 3.96. The van der Waals surface area contributed by atoms with Crippen molar-refractivity contribution < 1.29 is 4.52 Å². The Morgan fingerprint density at radius 1 is 1.27 bits per heavy atom. The molecule has 0 radical (unpaired) electrons. The number of rotatable bonds is 5. The van der Waals surface area contributed by atoms with Crippen LogP contribution in [-0.4, -0.2) is 33.1 Å². The highest BCUT2D eigenvalue weighted by Crippen LogP contribution is 2.39. The van der Waals surface area contributed by atoms with Crippen LogP contribution in [0, 0.1) is 0 Å². The van der Waals surface area contributed by atoms with Crippen molar-refractivity contribution in [3.05, 3.63) is 27.8 Å². The number of aryl methyl sites for hydroxylation is 1. The molecule has 3 heterocycles.